The number of rotatable bonds is 4. The number of nitrogens with one attached hydrogen (secondary N) is 1. The molecule has 2 fully saturated rings. The Labute approximate surface area is 124 Å². The molecule has 8 nitrogen and oxygen atoms in total. The van der Waals surface area contributed by atoms with Crippen molar-refractivity contribution < 1.29 is 27.4 Å². The number of nitrogens with zero attached hydrogens (tertiary/aromatic N) is 1. The smallest absolute Gasteiger partial charge is 0.421 e. The summed E-state index contributed by atoms with van der Waals surface area (Å²) in [4.78, 5) is 11.3. The molecule has 1 saturated carbocycles. The summed E-state index contributed by atoms with van der Waals surface area (Å²) in [5.74, 6) is -0.532. The molecule has 1 heterocycles. The molecule has 1 amide bonds. The predicted molar refractivity (Wildman–Crippen MR) is 73.7 cm³/mol. The van der Waals surface area contributed by atoms with Gasteiger partial charge in [0, 0.05) is 25.9 Å². The highest BCUT2D eigenvalue weighted by Crippen LogP contribution is 2.37. The Kier molecular flexibility index (Phi) is 5.07. The number of ether oxygens (including phenoxy) is 3. The van der Waals surface area contributed by atoms with E-state index in [4.69, 9.17) is 9.47 Å². The van der Waals surface area contributed by atoms with Gasteiger partial charge in [0.1, 0.15) is 0 Å². The Balaban J connectivity index is 1.91. The second-order valence-corrected chi connectivity index (χ2v) is 6.91. The van der Waals surface area contributed by atoms with Crippen LogP contribution in [0, 0.1) is 0 Å². The highest BCUT2D eigenvalue weighted by molar-refractivity contribution is 7.87. The zero-order chi connectivity index (χ0) is 15.5. The summed E-state index contributed by atoms with van der Waals surface area (Å²) in [5, 5.41) is 0. The maximum absolute atomic E-state index is 12.1. The highest BCUT2D eigenvalue weighted by atomic mass is 32.2. The summed E-state index contributed by atoms with van der Waals surface area (Å²) < 4.78 is 43.1. The Bertz CT molecular complexity index is 464. The fourth-order valence-corrected chi connectivity index (χ4v) is 3.74. The average Bonchev–Trinajstić information content (AvgIpc) is 2.87. The van der Waals surface area contributed by atoms with Crippen LogP contribution in [0.25, 0.3) is 0 Å². The van der Waals surface area contributed by atoms with E-state index in [0.29, 0.717) is 38.9 Å². The molecule has 2 aliphatic rings. The van der Waals surface area contributed by atoms with Crippen LogP contribution in [0.1, 0.15) is 32.6 Å². The van der Waals surface area contributed by atoms with Gasteiger partial charge in [0.15, 0.2) is 5.79 Å². The first-order valence-electron chi connectivity index (χ1n) is 7.09. The third-order valence-corrected chi connectivity index (χ3v) is 5.39. The van der Waals surface area contributed by atoms with Gasteiger partial charge in [0.2, 0.25) is 0 Å². The molecular weight excluding hydrogens is 300 g/mol. The number of carbonyl (C=O) groups excluding carboxylic acids is 1. The van der Waals surface area contributed by atoms with E-state index in [-0.39, 0.29) is 12.6 Å². The molecule has 1 N–H and O–H groups in total. The quantitative estimate of drug-likeness (QED) is 0.814. The van der Waals surface area contributed by atoms with Crippen molar-refractivity contribution in [2.75, 3.05) is 26.9 Å². The molecule has 0 unspecified atom stereocenters. The number of hydrogen-bond acceptors (Lipinski definition) is 6. The lowest BCUT2D eigenvalue weighted by atomic mass is 9.90. The van der Waals surface area contributed by atoms with Crippen molar-refractivity contribution in [1.82, 2.24) is 9.03 Å². The van der Waals surface area contributed by atoms with E-state index in [1.165, 1.54) is 11.4 Å². The monoisotopic (exact) mass is 322 g/mol. The van der Waals surface area contributed by atoms with Crippen LogP contribution in [-0.4, -0.2) is 57.5 Å². The molecule has 0 aromatic carbocycles. The standard InChI is InChI=1S/C12H22N2O6S/c1-3-18-11(15)13-21(16,17)14(2)10-4-6-12(7-5-10)19-8-9-20-12/h10H,3-9H2,1-2H3,(H,13,15). The van der Waals surface area contributed by atoms with Gasteiger partial charge in [-0.3, -0.25) is 0 Å². The van der Waals surface area contributed by atoms with Crippen molar-refractivity contribution in [3.63, 3.8) is 0 Å². The number of carbonyl (C=O) groups is 1. The van der Waals surface area contributed by atoms with Gasteiger partial charge in [-0.15, -0.1) is 0 Å². The second-order valence-electron chi connectivity index (χ2n) is 5.18. The lowest BCUT2D eigenvalue weighted by Crippen LogP contribution is -2.49. The van der Waals surface area contributed by atoms with Crippen molar-refractivity contribution >= 4 is 16.3 Å². The summed E-state index contributed by atoms with van der Waals surface area (Å²) in [7, 11) is -2.43. The normalized spacial score (nSPS) is 22.6. The zero-order valence-electron chi connectivity index (χ0n) is 12.3. The van der Waals surface area contributed by atoms with Crippen LogP contribution in [0.15, 0.2) is 0 Å². The van der Waals surface area contributed by atoms with Crippen molar-refractivity contribution in [3.8, 4) is 0 Å². The number of amides is 1. The Morgan fingerprint density at radius 2 is 1.90 bits per heavy atom. The second kappa shape index (κ2) is 6.47. The van der Waals surface area contributed by atoms with Crippen LogP contribution in [0.2, 0.25) is 0 Å². The maximum atomic E-state index is 12.1. The van der Waals surface area contributed by atoms with E-state index in [2.05, 4.69) is 4.74 Å². The van der Waals surface area contributed by atoms with E-state index in [0.717, 1.165) is 0 Å². The molecule has 1 spiro atoms. The molecule has 0 bridgehead atoms. The summed E-state index contributed by atoms with van der Waals surface area (Å²) in [5.41, 5.74) is 0. The van der Waals surface area contributed by atoms with Crippen LogP contribution in [0.3, 0.4) is 0 Å². The Morgan fingerprint density at radius 1 is 1.33 bits per heavy atom. The van der Waals surface area contributed by atoms with Gasteiger partial charge in [-0.25, -0.2) is 9.52 Å². The summed E-state index contributed by atoms with van der Waals surface area (Å²) in [6.45, 7) is 2.90. The van der Waals surface area contributed by atoms with Gasteiger partial charge in [-0.2, -0.15) is 12.7 Å². The van der Waals surface area contributed by atoms with E-state index in [9.17, 15) is 13.2 Å². The molecule has 1 saturated heterocycles. The largest absolute Gasteiger partial charge is 0.449 e. The highest BCUT2D eigenvalue weighted by Gasteiger charge is 2.42. The minimum atomic E-state index is -3.89. The van der Waals surface area contributed by atoms with Crippen LogP contribution in [0.4, 0.5) is 4.79 Å². The minimum Gasteiger partial charge on any atom is -0.449 e. The van der Waals surface area contributed by atoms with E-state index >= 15 is 0 Å². The van der Waals surface area contributed by atoms with Crippen molar-refractivity contribution in [2.45, 2.75) is 44.4 Å². The summed E-state index contributed by atoms with van der Waals surface area (Å²) >= 11 is 0. The van der Waals surface area contributed by atoms with Crippen LogP contribution >= 0.6 is 0 Å². The van der Waals surface area contributed by atoms with Gasteiger partial charge >= 0.3 is 16.3 Å². The predicted octanol–water partition coefficient (Wildman–Crippen LogP) is 0.595. The van der Waals surface area contributed by atoms with Crippen molar-refractivity contribution in [2.24, 2.45) is 0 Å². The number of hydrogen-bond donors (Lipinski definition) is 1. The molecule has 0 aromatic rings. The van der Waals surface area contributed by atoms with E-state index < -0.39 is 22.1 Å². The average molecular weight is 322 g/mol. The van der Waals surface area contributed by atoms with Gasteiger partial charge in [0.25, 0.3) is 0 Å². The van der Waals surface area contributed by atoms with Gasteiger partial charge in [-0.05, 0) is 19.8 Å². The lowest BCUT2D eigenvalue weighted by Gasteiger charge is -2.38. The minimum absolute atomic E-state index is 0.117. The molecule has 0 radical (unpaired) electrons. The SMILES string of the molecule is CCOC(=O)NS(=O)(=O)N(C)C1CCC2(CC1)OCCO2. The van der Waals surface area contributed by atoms with E-state index in [1.807, 2.05) is 4.72 Å². The van der Waals surface area contributed by atoms with Crippen molar-refractivity contribution in [1.29, 1.82) is 0 Å². The van der Waals surface area contributed by atoms with Gasteiger partial charge < -0.3 is 14.2 Å². The van der Waals surface area contributed by atoms with Crippen LogP contribution in [0.5, 0.6) is 0 Å². The van der Waals surface area contributed by atoms with Crippen molar-refractivity contribution in [3.05, 3.63) is 0 Å². The van der Waals surface area contributed by atoms with Crippen LogP contribution < -0.4 is 4.72 Å². The molecule has 2 rings (SSSR count). The third-order valence-electron chi connectivity index (χ3n) is 3.91. The molecule has 122 valence electrons. The van der Waals surface area contributed by atoms with Crippen LogP contribution in [-0.2, 0) is 24.4 Å². The molecule has 1 aliphatic heterocycles. The molecular formula is C12H22N2O6S. The summed E-state index contributed by atoms with van der Waals surface area (Å²) in [6, 6.07) is -0.185. The van der Waals surface area contributed by atoms with E-state index in [1.54, 1.807) is 6.92 Å². The fourth-order valence-electron chi connectivity index (χ4n) is 2.73. The molecule has 9 heteroatoms. The molecule has 21 heavy (non-hydrogen) atoms. The first kappa shape index (κ1) is 16.5. The summed E-state index contributed by atoms with van der Waals surface area (Å²) in [6.07, 6.45) is 1.59. The first-order chi connectivity index (χ1) is 9.88. The third kappa shape index (κ3) is 3.85. The molecule has 0 aromatic heterocycles. The van der Waals surface area contributed by atoms with Gasteiger partial charge in [0.05, 0.1) is 19.8 Å². The first-order valence-corrected chi connectivity index (χ1v) is 8.53. The lowest BCUT2D eigenvalue weighted by molar-refractivity contribution is -0.181. The zero-order valence-corrected chi connectivity index (χ0v) is 13.1. The fraction of sp³-hybridized carbons (Fsp3) is 0.917. The molecule has 0 atom stereocenters. The molecule has 1 aliphatic carbocycles. The maximum Gasteiger partial charge on any atom is 0.421 e. The van der Waals surface area contributed by atoms with Gasteiger partial charge in [-0.1, -0.05) is 0 Å². The Hall–Kier alpha value is -0.900. The topological polar surface area (TPSA) is 94.2 Å². The Morgan fingerprint density at radius 3 is 2.43 bits per heavy atom.